The Balaban J connectivity index is 1.95. The molecule has 0 aliphatic carbocycles. The van der Waals surface area contributed by atoms with E-state index < -0.39 is 6.04 Å². The third-order valence-corrected chi connectivity index (χ3v) is 4.32. The minimum atomic E-state index is -0.561. The standard InChI is InChI=1S/C20H22N2O2/c1-2-12-21-20(24)19-17-11-7-6-10-16(17)13-18(23)22(19)14-15-8-4-3-5-9-15/h3-11,19H,2,12-14H2,1H3,(H,21,24)/t19-/m1/s1. The lowest BCUT2D eigenvalue weighted by molar-refractivity contribution is -0.142. The zero-order valence-corrected chi connectivity index (χ0v) is 13.9. The maximum absolute atomic E-state index is 12.8. The van der Waals surface area contributed by atoms with Crippen molar-refractivity contribution in [2.24, 2.45) is 0 Å². The average molecular weight is 322 g/mol. The smallest absolute Gasteiger partial charge is 0.247 e. The Bertz CT molecular complexity index is 727. The van der Waals surface area contributed by atoms with Crippen molar-refractivity contribution < 1.29 is 9.59 Å². The number of rotatable bonds is 5. The summed E-state index contributed by atoms with van der Waals surface area (Å²) in [7, 11) is 0. The minimum Gasteiger partial charge on any atom is -0.354 e. The molecular formula is C20H22N2O2. The molecule has 124 valence electrons. The van der Waals surface area contributed by atoms with E-state index in [1.165, 1.54) is 0 Å². The lowest BCUT2D eigenvalue weighted by Crippen LogP contribution is -2.47. The summed E-state index contributed by atoms with van der Waals surface area (Å²) in [6.07, 6.45) is 1.22. The summed E-state index contributed by atoms with van der Waals surface area (Å²) >= 11 is 0. The Morgan fingerprint density at radius 3 is 2.58 bits per heavy atom. The molecule has 1 heterocycles. The van der Waals surface area contributed by atoms with Crippen LogP contribution in [0.2, 0.25) is 0 Å². The molecular weight excluding hydrogens is 300 g/mol. The van der Waals surface area contributed by atoms with Crippen LogP contribution in [0.25, 0.3) is 0 Å². The van der Waals surface area contributed by atoms with Gasteiger partial charge in [-0.25, -0.2) is 0 Å². The van der Waals surface area contributed by atoms with E-state index in [9.17, 15) is 9.59 Å². The predicted octanol–water partition coefficient (Wildman–Crippen LogP) is 2.84. The number of amides is 2. The molecule has 0 fully saturated rings. The lowest BCUT2D eigenvalue weighted by Gasteiger charge is -2.36. The summed E-state index contributed by atoms with van der Waals surface area (Å²) in [6.45, 7) is 3.07. The Hall–Kier alpha value is -2.62. The zero-order chi connectivity index (χ0) is 16.9. The van der Waals surface area contributed by atoms with Crippen LogP contribution in [0.3, 0.4) is 0 Å². The minimum absolute atomic E-state index is 0.00537. The van der Waals surface area contributed by atoms with E-state index in [2.05, 4.69) is 5.32 Å². The number of nitrogens with zero attached hydrogens (tertiary/aromatic N) is 1. The molecule has 0 saturated heterocycles. The van der Waals surface area contributed by atoms with E-state index in [4.69, 9.17) is 0 Å². The summed E-state index contributed by atoms with van der Waals surface area (Å²) in [6, 6.07) is 17.0. The molecule has 0 radical (unpaired) electrons. The van der Waals surface area contributed by atoms with Crippen LogP contribution in [0.15, 0.2) is 54.6 Å². The molecule has 0 bridgehead atoms. The zero-order valence-electron chi connectivity index (χ0n) is 13.9. The number of hydrogen-bond donors (Lipinski definition) is 1. The molecule has 2 aromatic carbocycles. The molecule has 1 atom stereocenters. The first-order valence-corrected chi connectivity index (χ1v) is 8.39. The maximum atomic E-state index is 12.8. The number of hydrogen-bond acceptors (Lipinski definition) is 2. The molecule has 0 aromatic heterocycles. The van der Waals surface area contributed by atoms with Gasteiger partial charge in [-0.05, 0) is 23.1 Å². The first-order valence-electron chi connectivity index (χ1n) is 8.39. The van der Waals surface area contributed by atoms with Crippen molar-refractivity contribution in [2.75, 3.05) is 6.54 Å². The Morgan fingerprint density at radius 1 is 1.12 bits per heavy atom. The van der Waals surface area contributed by atoms with Crippen molar-refractivity contribution in [1.29, 1.82) is 0 Å². The van der Waals surface area contributed by atoms with Gasteiger partial charge in [-0.1, -0.05) is 61.5 Å². The fourth-order valence-corrected chi connectivity index (χ4v) is 3.13. The van der Waals surface area contributed by atoms with E-state index in [1.54, 1.807) is 4.90 Å². The third kappa shape index (κ3) is 3.32. The van der Waals surface area contributed by atoms with Gasteiger partial charge in [-0.2, -0.15) is 0 Å². The summed E-state index contributed by atoms with van der Waals surface area (Å²) in [4.78, 5) is 27.2. The molecule has 24 heavy (non-hydrogen) atoms. The maximum Gasteiger partial charge on any atom is 0.247 e. The fourth-order valence-electron chi connectivity index (χ4n) is 3.13. The first kappa shape index (κ1) is 16.2. The lowest BCUT2D eigenvalue weighted by atomic mass is 9.91. The molecule has 4 heteroatoms. The second kappa shape index (κ2) is 7.30. The molecule has 1 aliphatic rings. The van der Waals surface area contributed by atoms with Gasteiger partial charge in [0, 0.05) is 13.1 Å². The monoisotopic (exact) mass is 322 g/mol. The Labute approximate surface area is 142 Å². The quantitative estimate of drug-likeness (QED) is 0.920. The SMILES string of the molecule is CCCNC(=O)[C@H]1c2ccccc2CC(=O)N1Cc1ccccc1. The van der Waals surface area contributed by atoms with E-state index in [0.717, 1.165) is 23.1 Å². The van der Waals surface area contributed by atoms with Crippen molar-refractivity contribution in [3.63, 3.8) is 0 Å². The predicted molar refractivity (Wildman–Crippen MR) is 93.2 cm³/mol. The van der Waals surface area contributed by atoms with E-state index in [0.29, 0.717) is 19.5 Å². The van der Waals surface area contributed by atoms with Gasteiger partial charge in [0.15, 0.2) is 0 Å². The van der Waals surface area contributed by atoms with Crippen LogP contribution in [0.1, 0.15) is 36.1 Å². The highest BCUT2D eigenvalue weighted by molar-refractivity contribution is 5.92. The van der Waals surface area contributed by atoms with Crippen LogP contribution >= 0.6 is 0 Å². The Kier molecular flexibility index (Phi) is 4.94. The molecule has 1 aliphatic heterocycles. The van der Waals surface area contributed by atoms with E-state index in [-0.39, 0.29) is 11.8 Å². The van der Waals surface area contributed by atoms with E-state index >= 15 is 0 Å². The third-order valence-electron chi connectivity index (χ3n) is 4.32. The number of nitrogens with one attached hydrogen (secondary N) is 1. The van der Waals surface area contributed by atoms with Gasteiger partial charge in [0.25, 0.3) is 0 Å². The van der Waals surface area contributed by atoms with Gasteiger partial charge in [0.05, 0.1) is 6.42 Å². The highest BCUT2D eigenvalue weighted by Gasteiger charge is 2.36. The van der Waals surface area contributed by atoms with E-state index in [1.807, 2.05) is 61.5 Å². The molecule has 2 aromatic rings. The van der Waals surface area contributed by atoms with Crippen LogP contribution in [0.4, 0.5) is 0 Å². The van der Waals surface area contributed by atoms with Crippen LogP contribution in [-0.4, -0.2) is 23.3 Å². The molecule has 0 saturated carbocycles. The molecule has 1 N–H and O–H groups in total. The molecule has 4 nitrogen and oxygen atoms in total. The largest absolute Gasteiger partial charge is 0.354 e. The second-order valence-electron chi connectivity index (χ2n) is 6.08. The summed E-state index contributed by atoms with van der Waals surface area (Å²) in [5.41, 5.74) is 2.91. The molecule has 0 spiro atoms. The van der Waals surface area contributed by atoms with Crippen LogP contribution in [-0.2, 0) is 22.6 Å². The van der Waals surface area contributed by atoms with Crippen LogP contribution in [0, 0.1) is 0 Å². The molecule has 2 amide bonds. The number of carbonyl (C=O) groups excluding carboxylic acids is 2. The number of benzene rings is 2. The van der Waals surface area contributed by atoms with Gasteiger partial charge in [-0.3, -0.25) is 9.59 Å². The highest BCUT2D eigenvalue weighted by Crippen LogP contribution is 2.31. The average Bonchev–Trinajstić information content (AvgIpc) is 2.61. The molecule has 0 unspecified atom stereocenters. The van der Waals surface area contributed by atoms with Crippen LogP contribution in [0.5, 0.6) is 0 Å². The van der Waals surface area contributed by atoms with Crippen molar-refractivity contribution in [3.05, 3.63) is 71.3 Å². The van der Waals surface area contributed by atoms with Crippen molar-refractivity contribution in [2.45, 2.75) is 32.4 Å². The second-order valence-corrected chi connectivity index (χ2v) is 6.08. The first-order chi connectivity index (χ1) is 11.7. The van der Waals surface area contributed by atoms with Gasteiger partial charge >= 0.3 is 0 Å². The van der Waals surface area contributed by atoms with Gasteiger partial charge in [-0.15, -0.1) is 0 Å². The highest BCUT2D eigenvalue weighted by atomic mass is 16.2. The summed E-state index contributed by atoms with van der Waals surface area (Å²) < 4.78 is 0. The van der Waals surface area contributed by atoms with Crippen molar-refractivity contribution in [1.82, 2.24) is 10.2 Å². The number of fused-ring (bicyclic) bond motifs is 1. The van der Waals surface area contributed by atoms with Crippen molar-refractivity contribution in [3.8, 4) is 0 Å². The van der Waals surface area contributed by atoms with Crippen molar-refractivity contribution >= 4 is 11.8 Å². The summed E-state index contributed by atoms with van der Waals surface area (Å²) in [5, 5.41) is 2.95. The molecule has 3 rings (SSSR count). The van der Waals surface area contributed by atoms with Gasteiger partial charge in [0.2, 0.25) is 11.8 Å². The van der Waals surface area contributed by atoms with Crippen LogP contribution < -0.4 is 5.32 Å². The Morgan fingerprint density at radius 2 is 1.83 bits per heavy atom. The fraction of sp³-hybridized carbons (Fsp3) is 0.300. The topological polar surface area (TPSA) is 49.4 Å². The normalized spacial score (nSPS) is 16.6. The number of carbonyl (C=O) groups is 2. The van der Waals surface area contributed by atoms with Gasteiger partial charge < -0.3 is 10.2 Å². The van der Waals surface area contributed by atoms with Gasteiger partial charge in [0.1, 0.15) is 6.04 Å². The summed E-state index contributed by atoms with van der Waals surface area (Å²) in [5.74, 6) is -0.109.